The maximum Gasteiger partial charge on any atom is 0.316 e. The van der Waals surface area contributed by atoms with Crippen molar-refractivity contribution in [2.75, 3.05) is 33.5 Å². The van der Waals surface area contributed by atoms with E-state index >= 15 is 0 Å². The lowest BCUT2D eigenvalue weighted by atomic mass is 10.2. The quantitative estimate of drug-likeness (QED) is 0.479. The third-order valence-corrected chi connectivity index (χ3v) is 2.03. The first-order valence-electron chi connectivity index (χ1n) is 3.78. The third-order valence-electron chi connectivity index (χ3n) is 1.81. The predicted molar refractivity (Wildman–Crippen MR) is 44.4 cm³/mol. The smallest absolute Gasteiger partial charge is 0.316 e. The van der Waals surface area contributed by atoms with E-state index < -0.39 is 5.37 Å². The number of hydrogen-bond donors (Lipinski definition) is 0. The van der Waals surface area contributed by atoms with Crippen molar-refractivity contribution in [3.8, 4) is 0 Å². The average Bonchev–Trinajstić information content (AvgIpc) is 2.05. The van der Waals surface area contributed by atoms with Crippen molar-refractivity contribution >= 4 is 17.0 Å². The number of rotatable bonds is 2. The molecule has 70 valence electrons. The number of halogens is 1. The van der Waals surface area contributed by atoms with Crippen molar-refractivity contribution in [1.82, 2.24) is 4.90 Å². The largest absolute Gasteiger partial charge is 0.382 e. The van der Waals surface area contributed by atoms with Crippen LogP contribution >= 0.6 is 11.6 Å². The Balaban J connectivity index is 2.48. The molecule has 1 fully saturated rings. The number of hydrogen-bond acceptors (Lipinski definition) is 3. The molecule has 0 N–H and O–H groups in total. The average molecular weight is 194 g/mol. The van der Waals surface area contributed by atoms with Gasteiger partial charge in [0.1, 0.15) is 0 Å². The van der Waals surface area contributed by atoms with E-state index in [9.17, 15) is 4.79 Å². The van der Waals surface area contributed by atoms with E-state index in [1.807, 2.05) is 0 Å². The van der Waals surface area contributed by atoms with Crippen molar-refractivity contribution in [2.24, 2.45) is 0 Å². The van der Waals surface area contributed by atoms with Gasteiger partial charge >= 0.3 is 5.37 Å². The van der Waals surface area contributed by atoms with Gasteiger partial charge in [-0.3, -0.25) is 4.79 Å². The molecule has 0 radical (unpaired) electrons. The maximum atomic E-state index is 10.9. The Hall–Kier alpha value is -0.320. The van der Waals surface area contributed by atoms with Crippen LogP contribution in [0.25, 0.3) is 0 Å². The zero-order valence-electron chi connectivity index (χ0n) is 6.96. The van der Waals surface area contributed by atoms with Gasteiger partial charge in [-0.15, -0.1) is 0 Å². The molecular weight excluding hydrogens is 182 g/mol. The number of carbonyl (C=O) groups is 1. The summed E-state index contributed by atoms with van der Waals surface area (Å²) in [6.45, 7) is 2.08. The number of amides is 1. The summed E-state index contributed by atoms with van der Waals surface area (Å²) in [4.78, 5) is 12.4. The van der Waals surface area contributed by atoms with Crippen molar-refractivity contribution in [1.29, 1.82) is 0 Å². The Morgan fingerprint density at radius 2 is 2.58 bits per heavy atom. The fourth-order valence-corrected chi connectivity index (χ4v) is 1.44. The summed E-state index contributed by atoms with van der Waals surface area (Å²) in [7, 11) is 1.59. The van der Waals surface area contributed by atoms with Gasteiger partial charge in [0.2, 0.25) is 0 Å². The minimum absolute atomic E-state index is 0.0336. The Bertz CT molecular complexity index is 163. The van der Waals surface area contributed by atoms with Gasteiger partial charge < -0.3 is 14.4 Å². The molecule has 1 amide bonds. The molecule has 1 heterocycles. The number of ether oxygens (including phenoxy) is 2. The highest BCUT2D eigenvalue weighted by Gasteiger charge is 2.25. The van der Waals surface area contributed by atoms with E-state index in [4.69, 9.17) is 21.1 Å². The highest BCUT2D eigenvalue weighted by Crippen LogP contribution is 2.09. The lowest BCUT2D eigenvalue weighted by Gasteiger charge is -2.33. The summed E-state index contributed by atoms with van der Waals surface area (Å²) in [6, 6.07) is -0.0336. The summed E-state index contributed by atoms with van der Waals surface area (Å²) in [5, 5.41) is -0.430. The van der Waals surface area contributed by atoms with Gasteiger partial charge in [-0.05, 0) is 11.6 Å². The standard InChI is InChI=1S/C7H12ClNO3/c1-11-4-6-5-12-3-2-9(6)7(8)10/h6H,2-5H2,1H3/t6-/m1/s1. The van der Waals surface area contributed by atoms with Gasteiger partial charge in [0.15, 0.2) is 0 Å². The van der Waals surface area contributed by atoms with Crippen molar-refractivity contribution in [3.05, 3.63) is 0 Å². The Labute approximate surface area is 76.4 Å². The molecule has 0 aromatic heterocycles. The van der Waals surface area contributed by atoms with Gasteiger partial charge in [-0.1, -0.05) is 0 Å². The van der Waals surface area contributed by atoms with Crippen LogP contribution < -0.4 is 0 Å². The van der Waals surface area contributed by atoms with Crippen LogP contribution in [0, 0.1) is 0 Å². The first kappa shape index (κ1) is 9.77. The summed E-state index contributed by atoms with van der Waals surface area (Å²) in [6.07, 6.45) is 0. The van der Waals surface area contributed by atoms with E-state index in [0.717, 1.165) is 0 Å². The summed E-state index contributed by atoms with van der Waals surface area (Å²) >= 11 is 5.36. The monoisotopic (exact) mass is 193 g/mol. The Morgan fingerprint density at radius 3 is 3.17 bits per heavy atom. The van der Waals surface area contributed by atoms with Gasteiger partial charge in [0.05, 0.1) is 25.9 Å². The molecule has 1 saturated heterocycles. The first-order valence-corrected chi connectivity index (χ1v) is 4.16. The van der Waals surface area contributed by atoms with Crippen molar-refractivity contribution < 1.29 is 14.3 Å². The van der Waals surface area contributed by atoms with Gasteiger partial charge in [-0.2, -0.15) is 0 Å². The number of nitrogens with zero attached hydrogens (tertiary/aromatic N) is 1. The lowest BCUT2D eigenvalue weighted by molar-refractivity contribution is -0.0112. The van der Waals surface area contributed by atoms with E-state index in [-0.39, 0.29) is 6.04 Å². The molecule has 0 spiro atoms. The van der Waals surface area contributed by atoms with E-state index in [1.165, 1.54) is 0 Å². The van der Waals surface area contributed by atoms with Crippen molar-refractivity contribution in [3.63, 3.8) is 0 Å². The van der Waals surface area contributed by atoms with E-state index in [1.54, 1.807) is 12.0 Å². The fourth-order valence-electron chi connectivity index (χ4n) is 1.22. The molecule has 0 saturated carbocycles. The van der Waals surface area contributed by atoms with Crippen LogP contribution in [0.1, 0.15) is 0 Å². The molecule has 0 bridgehead atoms. The molecule has 0 unspecified atom stereocenters. The molecule has 1 atom stereocenters. The fraction of sp³-hybridized carbons (Fsp3) is 0.857. The van der Waals surface area contributed by atoms with Crippen LogP contribution in [0.3, 0.4) is 0 Å². The van der Waals surface area contributed by atoms with Crippen LogP contribution in [0.2, 0.25) is 0 Å². The normalized spacial score (nSPS) is 24.2. The van der Waals surface area contributed by atoms with Crippen LogP contribution in [-0.2, 0) is 9.47 Å². The molecule has 12 heavy (non-hydrogen) atoms. The van der Waals surface area contributed by atoms with Gasteiger partial charge in [-0.25, -0.2) is 0 Å². The molecule has 5 heteroatoms. The lowest BCUT2D eigenvalue weighted by Crippen LogP contribution is -2.48. The van der Waals surface area contributed by atoms with Crippen molar-refractivity contribution in [2.45, 2.75) is 6.04 Å². The zero-order valence-corrected chi connectivity index (χ0v) is 7.71. The van der Waals surface area contributed by atoms with Crippen LogP contribution in [0.4, 0.5) is 4.79 Å². The van der Waals surface area contributed by atoms with Crippen LogP contribution in [0.15, 0.2) is 0 Å². The molecule has 4 nitrogen and oxygen atoms in total. The van der Waals surface area contributed by atoms with Gasteiger partial charge in [0.25, 0.3) is 0 Å². The minimum atomic E-state index is -0.430. The molecule has 1 rings (SSSR count). The summed E-state index contributed by atoms with van der Waals surface area (Å²) in [5.41, 5.74) is 0. The predicted octanol–water partition coefficient (Wildman–Crippen LogP) is 0.692. The Morgan fingerprint density at radius 1 is 1.83 bits per heavy atom. The molecule has 0 aromatic rings. The zero-order chi connectivity index (χ0) is 8.97. The second-order valence-corrected chi connectivity index (χ2v) is 2.95. The molecule has 0 aliphatic carbocycles. The number of morpholine rings is 1. The van der Waals surface area contributed by atoms with E-state index in [0.29, 0.717) is 26.4 Å². The summed E-state index contributed by atoms with van der Waals surface area (Å²) in [5.74, 6) is 0. The number of methoxy groups -OCH3 is 1. The van der Waals surface area contributed by atoms with Crippen LogP contribution in [0.5, 0.6) is 0 Å². The van der Waals surface area contributed by atoms with Crippen LogP contribution in [-0.4, -0.2) is 49.8 Å². The third kappa shape index (κ3) is 2.33. The minimum Gasteiger partial charge on any atom is -0.382 e. The number of carbonyl (C=O) groups excluding carboxylic acids is 1. The highest BCUT2D eigenvalue weighted by molar-refractivity contribution is 6.62. The SMILES string of the molecule is COC[C@@H]1COCCN1C(=O)Cl. The van der Waals surface area contributed by atoms with Gasteiger partial charge in [0, 0.05) is 13.7 Å². The highest BCUT2D eigenvalue weighted by atomic mass is 35.5. The molecular formula is C7H12ClNO3. The molecule has 1 aliphatic heterocycles. The topological polar surface area (TPSA) is 38.8 Å². The summed E-state index contributed by atoms with van der Waals surface area (Å²) < 4.78 is 10.1. The first-order chi connectivity index (χ1) is 5.75. The second kappa shape index (κ2) is 4.64. The maximum absolute atomic E-state index is 10.9. The second-order valence-electron chi connectivity index (χ2n) is 2.63. The Kier molecular flexibility index (Phi) is 3.78. The molecule has 0 aromatic carbocycles. The van der Waals surface area contributed by atoms with E-state index in [2.05, 4.69) is 0 Å². The molecule has 1 aliphatic rings.